The summed E-state index contributed by atoms with van der Waals surface area (Å²) in [6, 6.07) is 2.66. The Hall–Kier alpha value is -1.21. The lowest BCUT2D eigenvalue weighted by Gasteiger charge is -2.36. The van der Waals surface area contributed by atoms with Gasteiger partial charge in [-0.05, 0) is 19.4 Å². The van der Waals surface area contributed by atoms with Crippen LogP contribution in [-0.4, -0.2) is 33.8 Å². The van der Waals surface area contributed by atoms with Gasteiger partial charge in [0.2, 0.25) is 0 Å². The van der Waals surface area contributed by atoms with Crippen molar-refractivity contribution in [3.63, 3.8) is 0 Å². The van der Waals surface area contributed by atoms with Gasteiger partial charge < -0.3 is 14.7 Å². The van der Waals surface area contributed by atoms with Crippen LogP contribution in [0, 0.1) is 23.2 Å². The highest BCUT2D eigenvalue weighted by atomic mass is 16.6. The first-order valence-corrected chi connectivity index (χ1v) is 5.43. The molecule has 0 amide bonds. The summed E-state index contributed by atoms with van der Waals surface area (Å²) in [6.07, 6.45) is 2.47. The maximum atomic E-state index is 9.53. The maximum absolute atomic E-state index is 9.53. The Morgan fingerprint density at radius 3 is 3.07 bits per heavy atom. The lowest BCUT2D eigenvalue weighted by atomic mass is 9.62. The van der Waals surface area contributed by atoms with E-state index in [0.29, 0.717) is 24.2 Å². The highest BCUT2D eigenvalue weighted by Gasteiger charge is 2.89. The van der Waals surface area contributed by atoms with E-state index in [4.69, 9.17) is 10.00 Å². The summed E-state index contributed by atoms with van der Waals surface area (Å²) in [7, 11) is 0. The summed E-state index contributed by atoms with van der Waals surface area (Å²) >= 11 is 0. The van der Waals surface area contributed by atoms with Gasteiger partial charge in [-0.25, -0.2) is 0 Å². The molecule has 2 heterocycles. The molecule has 4 nitrogen and oxygen atoms in total. The number of hydrogen-bond donors (Lipinski definition) is 1. The van der Waals surface area contributed by atoms with E-state index in [0.717, 1.165) is 12.8 Å². The Morgan fingerprint density at radius 2 is 2.40 bits per heavy atom. The molecule has 0 bridgehead atoms. The first kappa shape index (κ1) is 8.00. The number of ether oxygens (including phenoxy) is 1. The monoisotopic (exact) mass is 204 g/mol. The van der Waals surface area contributed by atoms with E-state index >= 15 is 0 Å². The lowest BCUT2D eigenvalue weighted by molar-refractivity contribution is 0.164. The number of rotatable bonds is 1. The van der Waals surface area contributed by atoms with Gasteiger partial charge in [-0.2, -0.15) is 5.26 Å². The highest BCUT2D eigenvalue weighted by molar-refractivity contribution is 5.43. The fourth-order valence-electron chi connectivity index (χ4n) is 4.09. The molecule has 2 aliphatic heterocycles. The summed E-state index contributed by atoms with van der Waals surface area (Å²) in [5.74, 6) is 0.731. The predicted molar refractivity (Wildman–Crippen MR) is 50.6 cm³/mol. The van der Waals surface area contributed by atoms with Gasteiger partial charge in [-0.3, -0.25) is 0 Å². The molecule has 1 N–H and O–H groups in total. The van der Waals surface area contributed by atoms with Gasteiger partial charge in [0.15, 0.2) is 5.88 Å². The minimum absolute atomic E-state index is 0.0455. The van der Waals surface area contributed by atoms with Crippen molar-refractivity contribution in [3.05, 3.63) is 12.5 Å². The number of nitriles is 1. The van der Waals surface area contributed by atoms with E-state index in [9.17, 15) is 5.11 Å². The fraction of sp³-hybridized carbons (Fsp3) is 0.727. The summed E-state index contributed by atoms with van der Waals surface area (Å²) in [5, 5.41) is 18.5. The van der Waals surface area contributed by atoms with Gasteiger partial charge in [0, 0.05) is 11.8 Å². The fourth-order valence-corrected chi connectivity index (χ4v) is 4.09. The van der Waals surface area contributed by atoms with Gasteiger partial charge in [0.1, 0.15) is 6.10 Å². The van der Waals surface area contributed by atoms with Crippen molar-refractivity contribution in [2.24, 2.45) is 11.8 Å². The van der Waals surface area contributed by atoms with Crippen LogP contribution in [0.15, 0.2) is 12.5 Å². The smallest absolute Gasteiger partial charge is 0.180 e. The number of aliphatic hydroxyl groups is 1. The van der Waals surface area contributed by atoms with Crippen molar-refractivity contribution in [2.75, 3.05) is 0 Å². The molecular weight excluding hydrogens is 192 g/mol. The van der Waals surface area contributed by atoms with Gasteiger partial charge in [-0.1, -0.05) is 0 Å². The Morgan fingerprint density at radius 1 is 1.60 bits per heavy atom. The van der Waals surface area contributed by atoms with Crippen LogP contribution in [0.4, 0.5) is 0 Å². The average molecular weight is 204 g/mol. The molecule has 4 rings (SSSR count). The van der Waals surface area contributed by atoms with Crippen molar-refractivity contribution >= 4 is 0 Å². The molecular formula is C11H12N2O2. The van der Waals surface area contributed by atoms with Gasteiger partial charge >= 0.3 is 0 Å². The quantitative estimate of drug-likeness (QED) is 0.506. The van der Waals surface area contributed by atoms with Gasteiger partial charge in [0.25, 0.3) is 0 Å². The van der Waals surface area contributed by atoms with Crippen molar-refractivity contribution in [2.45, 2.75) is 36.6 Å². The molecule has 4 unspecified atom stereocenters. The number of fused-ring (bicyclic) bond motifs is 2. The van der Waals surface area contributed by atoms with Crippen LogP contribution in [0.2, 0.25) is 0 Å². The second-order valence-corrected chi connectivity index (χ2v) is 5.11. The van der Waals surface area contributed by atoms with Gasteiger partial charge in [0.05, 0.1) is 23.8 Å². The second kappa shape index (κ2) is 2.00. The Labute approximate surface area is 87.7 Å². The van der Waals surface area contributed by atoms with Crippen LogP contribution in [0.25, 0.3) is 0 Å². The summed E-state index contributed by atoms with van der Waals surface area (Å²) in [4.78, 5) is 1.98. The molecule has 2 aliphatic carbocycles. The van der Waals surface area contributed by atoms with E-state index < -0.39 is 0 Å². The van der Waals surface area contributed by atoms with Gasteiger partial charge in [-0.15, -0.1) is 0 Å². The number of nitrogens with zero attached hydrogens (tertiary/aromatic N) is 2. The van der Waals surface area contributed by atoms with E-state index in [1.165, 1.54) is 0 Å². The first-order valence-electron chi connectivity index (χ1n) is 5.43. The molecule has 6 atom stereocenters. The van der Waals surface area contributed by atoms with Crippen LogP contribution in [-0.2, 0) is 4.74 Å². The number of aliphatic hydroxyl groups excluding tert-OH is 1. The van der Waals surface area contributed by atoms with Crippen LogP contribution >= 0.6 is 0 Å². The number of epoxide rings is 1. The minimum Gasteiger partial charge on any atom is -0.495 e. The summed E-state index contributed by atoms with van der Waals surface area (Å²) < 4.78 is 5.59. The zero-order valence-electron chi connectivity index (χ0n) is 8.26. The van der Waals surface area contributed by atoms with E-state index in [1.54, 1.807) is 0 Å². The molecule has 4 heteroatoms. The molecule has 0 aromatic heterocycles. The minimum atomic E-state index is 0.0455. The largest absolute Gasteiger partial charge is 0.495 e. The zero-order valence-corrected chi connectivity index (χ0v) is 8.26. The van der Waals surface area contributed by atoms with E-state index in [1.807, 2.05) is 4.90 Å². The molecule has 0 aromatic rings. The Kier molecular flexibility index (Phi) is 1.07. The third-order valence-electron chi connectivity index (χ3n) is 4.67. The SMILES string of the molecule is C=C(O)N1C2CC(C#N)CC3[C@H]4O[C@H]4C321. The van der Waals surface area contributed by atoms with Crippen LogP contribution in [0.3, 0.4) is 0 Å². The second-order valence-electron chi connectivity index (χ2n) is 5.11. The average Bonchev–Trinajstić information content (AvgIpc) is 3.05. The van der Waals surface area contributed by atoms with Crippen LogP contribution in [0.1, 0.15) is 12.8 Å². The maximum Gasteiger partial charge on any atom is 0.180 e. The normalized spacial score (nSPS) is 57.8. The third-order valence-corrected chi connectivity index (χ3v) is 4.67. The Balaban J connectivity index is 1.71. The molecule has 2 saturated carbocycles. The molecule has 0 radical (unpaired) electrons. The number of likely N-dealkylation sites (tertiary alicyclic amines) is 1. The summed E-state index contributed by atoms with van der Waals surface area (Å²) in [6.45, 7) is 3.60. The van der Waals surface area contributed by atoms with E-state index in [2.05, 4.69) is 12.6 Å². The van der Waals surface area contributed by atoms with Crippen LogP contribution < -0.4 is 0 Å². The zero-order chi connectivity index (χ0) is 10.4. The van der Waals surface area contributed by atoms with Crippen molar-refractivity contribution in [1.82, 2.24) is 4.90 Å². The van der Waals surface area contributed by atoms with Crippen molar-refractivity contribution < 1.29 is 9.84 Å². The number of hydrogen-bond acceptors (Lipinski definition) is 4. The molecule has 4 fully saturated rings. The third kappa shape index (κ3) is 0.626. The molecule has 2 saturated heterocycles. The first-order chi connectivity index (χ1) is 7.21. The summed E-state index contributed by atoms with van der Waals surface area (Å²) in [5.41, 5.74) is 0.0455. The molecule has 4 aliphatic rings. The topological polar surface area (TPSA) is 59.6 Å². The predicted octanol–water partition coefficient (Wildman–Crippen LogP) is 0.769. The highest BCUT2D eigenvalue weighted by Crippen LogP contribution is 2.74. The standard InChI is InChI=1S/C11H12N2O2/c1-5(14)13-8-3-6(4-12)2-7-9-10(15-9)11(7,8)13/h6-10,14H,1-3H2/t6?,7?,8?,9-,10-,11?,13?/m1/s1. The molecule has 0 aromatic carbocycles. The van der Waals surface area contributed by atoms with Crippen molar-refractivity contribution in [1.29, 1.82) is 5.26 Å². The molecule has 15 heavy (non-hydrogen) atoms. The van der Waals surface area contributed by atoms with Crippen LogP contribution in [0.5, 0.6) is 0 Å². The van der Waals surface area contributed by atoms with Crippen molar-refractivity contribution in [3.8, 4) is 6.07 Å². The van der Waals surface area contributed by atoms with E-state index in [-0.39, 0.29) is 17.3 Å². The lowest BCUT2D eigenvalue weighted by Crippen LogP contribution is -2.52. The molecule has 78 valence electrons. The Bertz CT molecular complexity index is 415. The molecule has 1 spiro atoms.